The number of anilines is 2. The van der Waals surface area contributed by atoms with E-state index in [-0.39, 0.29) is 12.0 Å². The van der Waals surface area contributed by atoms with E-state index in [1.807, 2.05) is 18.2 Å². The van der Waals surface area contributed by atoms with E-state index < -0.39 is 0 Å². The summed E-state index contributed by atoms with van der Waals surface area (Å²) in [5, 5.41) is 2.85. The molecular formula is C20H25N3O3. The molecule has 1 aliphatic heterocycles. The van der Waals surface area contributed by atoms with E-state index in [0.717, 1.165) is 19.6 Å². The lowest BCUT2D eigenvalue weighted by Crippen LogP contribution is -2.43. The number of carbonyl (C=O) groups is 1. The summed E-state index contributed by atoms with van der Waals surface area (Å²) in [5.74, 6) is 0.536. The Morgan fingerprint density at radius 2 is 2.12 bits per heavy atom. The van der Waals surface area contributed by atoms with Crippen LogP contribution >= 0.6 is 0 Å². The molecule has 1 fully saturated rings. The smallest absolute Gasteiger partial charge is 0.227 e. The predicted molar refractivity (Wildman–Crippen MR) is 102 cm³/mol. The maximum atomic E-state index is 12.4. The van der Waals surface area contributed by atoms with Crippen LogP contribution in [0.25, 0.3) is 0 Å². The van der Waals surface area contributed by atoms with E-state index in [9.17, 15) is 4.79 Å². The van der Waals surface area contributed by atoms with Crippen LogP contribution in [0.2, 0.25) is 0 Å². The minimum Gasteiger partial charge on any atom is -0.497 e. The van der Waals surface area contributed by atoms with Gasteiger partial charge in [-0.25, -0.2) is 0 Å². The van der Waals surface area contributed by atoms with Crippen molar-refractivity contribution in [1.82, 2.24) is 4.90 Å². The van der Waals surface area contributed by atoms with Crippen LogP contribution in [0.3, 0.4) is 0 Å². The summed E-state index contributed by atoms with van der Waals surface area (Å²) in [5.41, 5.74) is 8.26. The van der Waals surface area contributed by atoms with Gasteiger partial charge in [0.25, 0.3) is 0 Å². The molecule has 1 heterocycles. The fourth-order valence-electron chi connectivity index (χ4n) is 3.07. The number of hydrogen-bond acceptors (Lipinski definition) is 5. The highest BCUT2D eigenvalue weighted by Crippen LogP contribution is 2.24. The lowest BCUT2D eigenvalue weighted by atomic mass is 10.1. The van der Waals surface area contributed by atoms with Crippen molar-refractivity contribution in [2.45, 2.75) is 19.1 Å². The molecule has 2 aromatic carbocycles. The van der Waals surface area contributed by atoms with Gasteiger partial charge in [0, 0.05) is 25.7 Å². The summed E-state index contributed by atoms with van der Waals surface area (Å²) in [7, 11) is 1.58. The number of benzene rings is 2. The van der Waals surface area contributed by atoms with E-state index >= 15 is 0 Å². The molecule has 6 heteroatoms. The van der Waals surface area contributed by atoms with Crippen LogP contribution in [0.1, 0.15) is 12.0 Å². The largest absolute Gasteiger partial charge is 0.497 e. The highest BCUT2D eigenvalue weighted by molar-refractivity contribution is 5.94. The Hall–Kier alpha value is -2.57. The molecule has 26 heavy (non-hydrogen) atoms. The standard InChI is InChI=1S/C20H25N3O3/c1-25-16-7-8-18(21)19(11-16)22-20(24)12-17-14-23(9-10-26-17)13-15-5-3-2-4-6-15/h2-8,11,17H,9-10,12-14,21H2,1H3,(H,22,24). The van der Waals surface area contributed by atoms with Gasteiger partial charge in [0.05, 0.1) is 37.6 Å². The topological polar surface area (TPSA) is 76.8 Å². The molecule has 1 aliphatic rings. The van der Waals surface area contributed by atoms with Gasteiger partial charge in [0.2, 0.25) is 5.91 Å². The van der Waals surface area contributed by atoms with Crippen LogP contribution in [-0.2, 0) is 16.1 Å². The number of morpholine rings is 1. The van der Waals surface area contributed by atoms with Gasteiger partial charge in [-0.05, 0) is 17.7 Å². The Morgan fingerprint density at radius 3 is 2.88 bits per heavy atom. The summed E-state index contributed by atoms with van der Waals surface area (Å²) in [6, 6.07) is 15.5. The first-order valence-electron chi connectivity index (χ1n) is 8.75. The zero-order valence-electron chi connectivity index (χ0n) is 15.0. The molecule has 138 valence electrons. The number of carbonyl (C=O) groups excluding carboxylic acids is 1. The molecule has 0 spiro atoms. The molecule has 1 unspecified atom stereocenters. The SMILES string of the molecule is COc1ccc(N)c(NC(=O)CC2CN(Cc3ccccc3)CCO2)c1. The number of methoxy groups -OCH3 is 1. The number of nitrogens with zero attached hydrogens (tertiary/aromatic N) is 1. The van der Waals surface area contributed by atoms with Gasteiger partial charge in [-0.1, -0.05) is 30.3 Å². The number of nitrogens with one attached hydrogen (secondary N) is 1. The average molecular weight is 355 g/mol. The summed E-state index contributed by atoms with van der Waals surface area (Å²) < 4.78 is 10.9. The number of ether oxygens (including phenoxy) is 2. The first-order chi connectivity index (χ1) is 12.6. The van der Waals surface area contributed by atoms with E-state index in [2.05, 4.69) is 22.3 Å². The molecule has 3 rings (SSSR count). The van der Waals surface area contributed by atoms with Gasteiger partial charge in [-0.2, -0.15) is 0 Å². The molecule has 0 aromatic heterocycles. The summed E-state index contributed by atoms with van der Waals surface area (Å²) in [6.45, 7) is 3.10. The number of nitrogen functional groups attached to an aromatic ring is 1. The van der Waals surface area contributed by atoms with Crippen molar-refractivity contribution in [3.8, 4) is 5.75 Å². The number of rotatable bonds is 6. The summed E-state index contributed by atoms with van der Waals surface area (Å²) in [6.07, 6.45) is 0.168. The molecular weight excluding hydrogens is 330 g/mol. The quantitative estimate of drug-likeness (QED) is 0.779. The van der Waals surface area contributed by atoms with Gasteiger partial charge in [0.15, 0.2) is 0 Å². The van der Waals surface area contributed by atoms with E-state index in [1.165, 1.54) is 5.56 Å². The maximum Gasteiger partial charge on any atom is 0.227 e. The van der Waals surface area contributed by atoms with Crippen molar-refractivity contribution in [2.75, 3.05) is 37.9 Å². The number of amides is 1. The predicted octanol–water partition coefficient (Wildman–Crippen LogP) is 2.51. The van der Waals surface area contributed by atoms with Crippen LogP contribution in [0.15, 0.2) is 48.5 Å². The Kier molecular flexibility index (Phi) is 6.09. The minimum absolute atomic E-state index is 0.114. The maximum absolute atomic E-state index is 12.4. The van der Waals surface area contributed by atoms with Crippen molar-refractivity contribution in [3.63, 3.8) is 0 Å². The third kappa shape index (κ3) is 4.97. The van der Waals surface area contributed by atoms with Gasteiger partial charge >= 0.3 is 0 Å². The molecule has 2 aromatic rings. The molecule has 1 amide bonds. The normalized spacial score (nSPS) is 17.7. The van der Waals surface area contributed by atoms with Crippen molar-refractivity contribution in [2.24, 2.45) is 0 Å². The highest BCUT2D eigenvalue weighted by atomic mass is 16.5. The van der Waals surface area contributed by atoms with Crippen molar-refractivity contribution >= 4 is 17.3 Å². The molecule has 0 saturated carbocycles. The molecule has 1 atom stereocenters. The molecule has 3 N–H and O–H groups in total. The van der Waals surface area contributed by atoms with Crippen molar-refractivity contribution in [3.05, 3.63) is 54.1 Å². The van der Waals surface area contributed by atoms with Crippen LogP contribution in [0, 0.1) is 0 Å². The van der Waals surface area contributed by atoms with Gasteiger partial charge in [-0.15, -0.1) is 0 Å². The van der Waals surface area contributed by atoms with Gasteiger partial charge in [0.1, 0.15) is 5.75 Å². The van der Waals surface area contributed by atoms with E-state index in [4.69, 9.17) is 15.2 Å². The van der Waals surface area contributed by atoms with Crippen LogP contribution < -0.4 is 15.8 Å². The summed E-state index contributed by atoms with van der Waals surface area (Å²) >= 11 is 0. The average Bonchev–Trinajstić information content (AvgIpc) is 2.64. The molecule has 0 bridgehead atoms. The lowest BCUT2D eigenvalue weighted by molar-refractivity contribution is -0.121. The van der Waals surface area contributed by atoms with Gasteiger partial charge in [-0.3, -0.25) is 9.69 Å². The fraction of sp³-hybridized carbons (Fsp3) is 0.350. The first kappa shape index (κ1) is 18.2. The lowest BCUT2D eigenvalue weighted by Gasteiger charge is -2.32. The second-order valence-electron chi connectivity index (χ2n) is 6.42. The van der Waals surface area contributed by atoms with Crippen molar-refractivity contribution in [1.29, 1.82) is 0 Å². The van der Waals surface area contributed by atoms with Gasteiger partial charge < -0.3 is 20.5 Å². The zero-order chi connectivity index (χ0) is 18.4. The van der Waals surface area contributed by atoms with E-state index in [0.29, 0.717) is 30.2 Å². The summed E-state index contributed by atoms with van der Waals surface area (Å²) in [4.78, 5) is 14.7. The zero-order valence-corrected chi connectivity index (χ0v) is 15.0. The fourth-order valence-corrected chi connectivity index (χ4v) is 3.07. The minimum atomic E-state index is -0.126. The van der Waals surface area contributed by atoms with Crippen molar-refractivity contribution < 1.29 is 14.3 Å². The highest BCUT2D eigenvalue weighted by Gasteiger charge is 2.23. The van der Waals surface area contributed by atoms with Crippen LogP contribution in [0.5, 0.6) is 5.75 Å². The molecule has 0 aliphatic carbocycles. The molecule has 6 nitrogen and oxygen atoms in total. The second kappa shape index (κ2) is 8.69. The van der Waals surface area contributed by atoms with Crippen LogP contribution in [-0.4, -0.2) is 43.7 Å². The Bertz CT molecular complexity index is 736. The molecule has 1 saturated heterocycles. The number of nitrogens with two attached hydrogens (primary N) is 1. The Morgan fingerprint density at radius 1 is 1.31 bits per heavy atom. The van der Waals surface area contributed by atoms with Crippen LogP contribution in [0.4, 0.5) is 11.4 Å². The third-order valence-electron chi connectivity index (χ3n) is 4.42. The third-order valence-corrected chi connectivity index (χ3v) is 4.42. The number of hydrogen-bond donors (Lipinski definition) is 2. The Balaban J connectivity index is 1.54. The first-order valence-corrected chi connectivity index (χ1v) is 8.75. The van der Waals surface area contributed by atoms with E-state index in [1.54, 1.807) is 25.3 Å². The Labute approximate surface area is 153 Å². The monoisotopic (exact) mass is 355 g/mol. The second-order valence-corrected chi connectivity index (χ2v) is 6.42. The molecule has 0 radical (unpaired) electrons.